The highest BCUT2D eigenvalue weighted by Gasteiger charge is 2.29. The molecular formula is C17H26N2O3. The predicted octanol–water partition coefficient (Wildman–Crippen LogP) is 3.30. The molecule has 0 spiro atoms. The van der Waals surface area contributed by atoms with Crippen LogP contribution in [0.5, 0.6) is 0 Å². The van der Waals surface area contributed by atoms with Crippen LogP contribution >= 0.6 is 0 Å². The quantitative estimate of drug-likeness (QED) is 0.876. The lowest BCUT2D eigenvalue weighted by atomic mass is 9.89. The molecule has 0 radical (unpaired) electrons. The summed E-state index contributed by atoms with van der Waals surface area (Å²) in [5, 5.41) is 6.31. The van der Waals surface area contributed by atoms with Gasteiger partial charge in [-0.15, -0.1) is 0 Å². The van der Waals surface area contributed by atoms with E-state index >= 15 is 0 Å². The van der Waals surface area contributed by atoms with Crippen molar-refractivity contribution in [3.63, 3.8) is 0 Å². The van der Waals surface area contributed by atoms with E-state index in [0.29, 0.717) is 18.7 Å². The van der Waals surface area contributed by atoms with Crippen molar-refractivity contribution >= 4 is 11.8 Å². The summed E-state index contributed by atoms with van der Waals surface area (Å²) < 4.78 is 10.6. The van der Waals surface area contributed by atoms with Crippen LogP contribution in [-0.2, 0) is 16.0 Å². The number of hydrogen-bond donors (Lipinski definition) is 2. The predicted molar refractivity (Wildman–Crippen MR) is 87.0 cm³/mol. The van der Waals surface area contributed by atoms with Gasteiger partial charge >= 0.3 is 6.09 Å². The van der Waals surface area contributed by atoms with E-state index in [1.54, 1.807) is 7.11 Å². The molecule has 5 heteroatoms. The highest BCUT2D eigenvalue weighted by atomic mass is 16.6. The van der Waals surface area contributed by atoms with Crippen molar-refractivity contribution in [2.45, 2.75) is 57.9 Å². The van der Waals surface area contributed by atoms with E-state index < -0.39 is 11.7 Å². The molecule has 122 valence electrons. The molecule has 1 saturated carbocycles. The van der Waals surface area contributed by atoms with Gasteiger partial charge in [0.05, 0.1) is 6.10 Å². The molecule has 0 atom stereocenters. The van der Waals surface area contributed by atoms with E-state index in [9.17, 15) is 4.79 Å². The van der Waals surface area contributed by atoms with Gasteiger partial charge in [-0.25, -0.2) is 4.79 Å². The highest BCUT2D eigenvalue weighted by Crippen LogP contribution is 2.27. The number of amides is 1. The summed E-state index contributed by atoms with van der Waals surface area (Å²) in [6, 6.07) is 8.44. The van der Waals surface area contributed by atoms with Gasteiger partial charge in [-0.3, -0.25) is 0 Å². The number of hydrogen-bond acceptors (Lipinski definition) is 4. The molecule has 2 rings (SSSR count). The summed E-state index contributed by atoms with van der Waals surface area (Å²) >= 11 is 0. The number of methoxy groups -OCH3 is 1. The molecule has 0 bridgehead atoms. The molecule has 1 fully saturated rings. The van der Waals surface area contributed by atoms with Crippen LogP contribution in [0.4, 0.5) is 10.5 Å². The Hall–Kier alpha value is -1.75. The molecule has 1 aromatic rings. The molecule has 0 aliphatic heterocycles. The van der Waals surface area contributed by atoms with Crippen molar-refractivity contribution in [2.24, 2.45) is 0 Å². The molecule has 1 aliphatic rings. The van der Waals surface area contributed by atoms with Crippen molar-refractivity contribution in [3.8, 4) is 0 Å². The van der Waals surface area contributed by atoms with Gasteiger partial charge in [-0.1, -0.05) is 18.2 Å². The lowest BCUT2D eigenvalue weighted by Gasteiger charge is -2.35. The van der Waals surface area contributed by atoms with Crippen LogP contribution in [0.2, 0.25) is 0 Å². The minimum atomic E-state index is -0.483. The van der Waals surface area contributed by atoms with Crippen LogP contribution < -0.4 is 10.6 Å². The first kappa shape index (κ1) is 16.6. The molecule has 1 amide bonds. The monoisotopic (exact) mass is 306 g/mol. The second kappa shape index (κ2) is 7.01. The van der Waals surface area contributed by atoms with Crippen LogP contribution in [0.1, 0.15) is 39.2 Å². The van der Waals surface area contributed by atoms with Crippen molar-refractivity contribution in [2.75, 3.05) is 12.4 Å². The van der Waals surface area contributed by atoms with E-state index in [0.717, 1.165) is 24.1 Å². The van der Waals surface area contributed by atoms with Crippen molar-refractivity contribution in [1.29, 1.82) is 0 Å². The highest BCUT2D eigenvalue weighted by molar-refractivity contribution is 5.68. The van der Waals surface area contributed by atoms with Gasteiger partial charge in [-0.2, -0.15) is 0 Å². The van der Waals surface area contributed by atoms with Crippen molar-refractivity contribution in [1.82, 2.24) is 5.32 Å². The van der Waals surface area contributed by atoms with Crippen LogP contribution in [-0.4, -0.2) is 30.9 Å². The number of rotatable bonds is 5. The number of ether oxygens (including phenoxy) is 2. The van der Waals surface area contributed by atoms with E-state index in [1.165, 1.54) is 0 Å². The first-order chi connectivity index (χ1) is 10.4. The Morgan fingerprint density at radius 2 is 1.95 bits per heavy atom. The maximum Gasteiger partial charge on any atom is 0.407 e. The van der Waals surface area contributed by atoms with Crippen LogP contribution in [0, 0.1) is 0 Å². The largest absolute Gasteiger partial charge is 0.444 e. The molecule has 1 aliphatic carbocycles. The van der Waals surface area contributed by atoms with Crippen LogP contribution in [0.25, 0.3) is 0 Å². The van der Waals surface area contributed by atoms with E-state index in [-0.39, 0.29) is 0 Å². The molecule has 2 N–H and O–H groups in total. The molecule has 22 heavy (non-hydrogen) atoms. The Labute approximate surface area is 132 Å². The Kier molecular flexibility index (Phi) is 5.29. The van der Waals surface area contributed by atoms with E-state index in [4.69, 9.17) is 9.47 Å². The molecule has 1 aromatic carbocycles. The second-order valence-corrected chi connectivity index (χ2v) is 6.68. The van der Waals surface area contributed by atoms with Crippen molar-refractivity contribution in [3.05, 3.63) is 29.8 Å². The van der Waals surface area contributed by atoms with Gasteiger partial charge in [0.15, 0.2) is 0 Å². The maximum atomic E-state index is 11.7. The van der Waals surface area contributed by atoms with Gasteiger partial charge in [0, 0.05) is 25.4 Å². The first-order valence-corrected chi connectivity index (χ1v) is 7.71. The van der Waals surface area contributed by atoms with Gasteiger partial charge < -0.3 is 20.1 Å². The number of carbonyl (C=O) groups is 1. The first-order valence-electron chi connectivity index (χ1n) is 7.71. The van der Waals surface area contributed by atoms with E-state index in [1.807, 2.05) is 45.0 Å². The number of benzene rings is 1. The number of carbonyl (C=O) groups excluding carboxylic acids is 1. The smallest absolute Gasteiger partial charge is 0.407 e. The zero-order valence-electron chi connectivity index (χ0n) is 13.8. The fourth-order valence-electron chi connectivity index (χ4n) is 2.39. The third-order valence-electron chi connectivity index (χ3n) is 3.63. The molecule has 0 heterocycles. The number of nitrogens with one attached hydrogen (secondary N) is 2. The minimum Gasteiger partial charge on any atom is -0.444 e. The molecular weight excluding hydrogens is 280 g/mol. The Morgan fingerprint density at radius 1 is 1.27 bits per heavy atom. The molecule has 0 unspecified atom stereocenters. The zero-order chi connectivity index (χ0) is 16.2. The standard InChI is InChI=1S/C17H26N2O3/c1-17(2,3)22-16(20)18-11-12-7-5-6-8-15(12)19-13-9-14(10-13)21-4/h5-8,13-14,19H,9-11H2,1-4H3,(H,18,20). The van der Waals surface area contributed by atoms with Crippen molar-refractivity contribution < 1.29 is 14.3 Å². The second-order valence-electron chi connectivity index (χ2n) is 6.68. The lowest BCUT2D eigenvalue weighted by molar-refractivity contribution is 0.0328. The van der Waals surface area contributed by atoms with Gasteiger partial charge in [0.2, 0.25) is 0 Å². The molecule has 5 nitrogen and oxygen atoms in total. The Balaban J connectivity index is 1.87. The SMILES string of the molecule is COC1CC(Nc2ccccc2CNC(=O)OC(C)(C)C)C1. The average Bonchev–Trinajstić information content (AvgIpc) is 2.39. The maximum absolute atomic E-state index is 11.7. The average molecular weight is 306 g/mol. The summed E-state index contributed by atoms with van der Waals surface area (Å²) in [5.41, 5.74) is 1.62. The zero-order valence-corrected chi connectivity index (χ0v) is 13.8. The summed E-state index contributed by atoms with van der Waals surface area (Å²) in [7, 11) is 1.75. The summed E-state index contributed by atoms with van der Waals surface area (Å²) in [6.45, 7) is 6.00. The fourth-order valence-corrected chi connectivity index (χ4v) is 2.39. The fraction of sp³-hybridized carbons (Fsp3) is 0.588. The number of anilines is 1. The summed E-state index contributed by atoms with van der Waals surface area (Å²) in [5.74, 6) is 0. The summed E-state index contributed by atoms with van der Waals surface area (Å²) in [6.07, 6.45) is 2.00. The van der Waals surface area contributed by atoms with Gasteiger partial charge in [0.25, 0.3) is 0 Å². The third kappa shape index (κ3) is 4.91. The number of para-hydroxylation sites is 1. The van der Waals surface area contributed by atoms with E-state index in [2.05, 4.69) is 10.6 Å². The molecule has 0 saturated heterocycles. The summed E-state index contributed by atoms with van der Waals surface area (Å²) in [4.78, 5) is 11.7. The third-order valence-corrected chi connectivity index (χ3v) is 3.63. The Morgan fingerprint density at radius 3 is 2.59 bits per heavy atom. The van der Waals surface area contributed by atoms with Crippen LogP contribution in [0.15, 0.2) is 24.3 Å². The minimum absolute atomic E-state index is 0.365. The lowest BCUT2D eigenvalue weighted by Crippen LogP contribution is -2.40. The Bertz CT molecular complexity index is 505. The molecule has 0 aromatic heterocycles. The van der Waals surface area contributed by atoms with Crippen LogP contribution in [0.3, 0.4) is 0 Å². The topological polar surface area (TPSA) is 59.6 Å². The van der Waals surface area contributed by atoms with Gasteiger partial charge in [0.1, 0.15) is 5.60 Å². The number of alkyl carbamates (subject to hydrolysis) is 1. The van der Waals surface area contributed by atoms with Gasteiger partial charge in [-0.05, 0) is 45.2 Å². The normalized spacial score (nSPS) is 20.9.